The molecule has 0 heterocycles. The van der Waals surface area contributed by atoms with Crippen LogP contribution in [-0.4, -0.2) is 45.1 Å². The Morgan fingerprint density at radius 1 is 1.21 bits per heavy atom. The fourth-order valence-corrected chi connectivity index (χ4v) is 1.53. The molecule has 0 aliphatic rings. The highest BCUT2D eigenvalue weighted by molar-refractivity contribution is 7.84. The molecule has 0 bridgehead atoms. The lowest BCUT2D eigenvalue weighted by Gasteiger charge is -2.07. The summed E-state index contributed by atoms with van der Waals surface area (Å²) in [5.41, 5.74) is 6.32. The molecule has 138 valence electrons. The molecule has 1 aromatic carbocycles. The molecule has 0 aliphatic carbocycles. The van der Waals surface area contributed by atoms with E-state index in [4.69, 9.17) is 28.2 Å². The Bertz CT molecular complexity index is 552. The van der Waals surface area contributed by atoms with Crippen molar-refractivity contribution in [1.82, 2.24) is 5.32 Å². The second-order valence-electron chi connectivity index (χ2n) is 4.83. The van der Waals surface area contributed by atoms with Crippen LogP contribution in [0.5, 0.6) is 5.75 Å². The zero-order valence-corrected chi connectivity index (χ0v) is 14.8. The smallest absolute Gasteiger partial charge is 0.407 e. The van der Waals surface area contributed by atoms with Crippen molar-refractivity contribution >= 4 is 21.9 Å². The van der Waals surface area contributed by atoms with E-state index in [1.165, 1.54) is 0 Å². The quantitative estimate of drug-likeness (QED) is 0.409. The number of unbranched alkanes of at least 4 members (excludes halogenated alkanes) is 2. The molecule has 0 atom stereocenters. The molecule has 0 unspecified atom stereocenters. The largest absolute Gasteiger partial charge is 0.748 e. The van der Waals surface area contributed by atoms with Gasteiger partial charge in [-0.2, -0.15) is 0 Å². The van der Waals surface area contributed by atoms with Gasteiger partial charge >= 0.3 is 6.09 Å². The number of benzene rings is 1. The minimum absolute atomic E-state index is 0.347. The van der Waals surface area contributed by atoms with Crippen LogP contribution in [0.1, 0.15) is 26.2 Å². The van der Waals surface area contributed by atoms with Gasteiger partial charge in [0, 0.05) is 18.5 Å². The fourth-order valence-electron chi connectivity index (χ4n) is 1.53. The Morgan fingerprint density at radius 2 is 1.79 bits per heavy atom. The van der Waals surface area contributed by atoms with Gasteiger partial charge in [0.2, 0.25) is 0 Å². The summed E-state index contributed by atoms with van der Waals surface area (Å²) in [6.07, 6.45) is 3.13. The predicted octanol–water partition coefficient (Wildman–Crippen LogP) is 1.73. The van der Waals surface area contributed by atoms with Gasteiger partial charge in [-0.05, 0) is 50.5 Å². The average Bonchev–Trinajstić information content (AvgIpc) is 2.47. The molecular formula is C15H25N2O6S-. The van der Waals surface area contributed by atoms with Crippen LogP contribution in [0.3, 0.4) is 0 Å². The molecule has 0 saturated carbocycles. The molecule has 0 aromatic heterocycles. The van der Waals surface area contributed by atoms with Crippen molar-refractivity contribution < 1.29 is 27.2 Å². The average molecular weight is 361 g/mol. The van der Waals surface area contributed by atoms with Gasteiger partial charge in [-0.1, -0.05) is 0 Å². The van der Waals surface area contributed by atoms with E-state index < -0.39 is 10.1 Å². The molecule has 24 heavy (non-hydrogen) atoms. The van der Waals surface area contributed by atoms with E-state index in [2.05, 4.69) is 5.32 Å². The summed E-state index contributed by atoms with van der Waals surface area (Å²) in [5.74, 6) is 0.832. The van der Waals surface area contributed by atoms with Crippen molar-refractivity contribution in [3.05, 3.63) is 24.3 Å². The van der Waals surface area contributed by atoms with E-state index in [1.807, 2.05) is 24.3 Å². The third-order valence-corrected chi connectivity index (χ3v) is 2.51. The summed E-state index contributed by atoms with van der Waals surface area (Å²) in [6.45, 7) is 3.50. The first-order valence-corrected chi connectivity index (χ1v) is 9.34. The van der Waals surface area contributed by atoms with E-state index in [-0.39, 0.29) is 6.09 Å². The number of nitrogens with one attached hydrogen (secondary N) is 1. The molecule has 1 rings (SSSR count). The maximum absolute atomic E-state index is 11.0. The molecule has 0 saturated heterocycles. The first-order chi connectivity index (χ1) is 11.2. The minimum Gasteiger partial charge on any atom is -0.748 e. The Labute approximate surface area is 143 Å². The fraction of sp³-hybridized carbons (Fsp3) is 0.533. The number of carbonyl (C=O) groups is 1. The maximum Gasteiger partial charge on any atom is 0.407 e. The third kappa shape index (κ3) is 16.4. The highest BCUT2D eigenvalue weighted by atomic mass is 32.2. The van der Waals surface area contributed by atoms with Crippen LogP contribution in [0.4, 0.5) is 10.5 Å². The highest BCUT2D eigenvalue weighted by Crippen LogP contribution is 2.13. The highest BCUT2D eigenvalue weighted by Gasteiger charge is 1.98. The second-order valence-corrected chi connectivity index (χ2v) is 6.24. The Kier molecular flexibility index (Phi) is 11.4. The summed E-state index contributed by atoms with van der Waals surface area (Å²) in [5, 5.41) is 2.68. The molecule has 0 spiro atoms. The lowest BCUT2D eigenvalue weighted by Crippen LogP contribution is -2.25. The van der Waals surface area contributed by atoms with Gasteiger partial charge < -0.3 is 25.1 Å². The van der Waals surface area contributed by atoms with Crippen LogP contribution in [0.25, 0.3) is 0 Å². The number of rotatable bonds is 8. The van der Waals surface area contributed by atoms with Crippen LogP contribution < -0.4 is 15.8 Å². The second kappa shape index (κ2) is 12.4. The molecule has 0 aliphatic heterocycles. The zero-order valence-electron chi connectivity index (χ0n) is 14.0. The summed E-state index contributed by atoms with van der Waals surface area (Å²) < 4.78 is 37.5. The van der Waals surface area contributed by atoms with Gasteiger partial charge in [0.15, 0.2) is 0 Å². The predicted molar refractivity (Wildman–Crippen MR) is 90.8 cm³/mol. The SMILES string of the molecule is CCOC(=O)NCCCCCOc1ccc(N)cc1.CS(=O)(=O)[O-]. The number of ether oxygens (including phenoxy) is 2. The number of hydrogen-bond donors (Lipinski definition) is 2. The molecule has 0 fully saturated rings. The van der Waals surface area contributed by atoms with Crippen LogP contribution in [0, 0.1) is 0 Å². The van der Waals surface area contributed by atoms with Crippen LogP contribution in [-0.2, 0) is 14.9 Å². The number of nitrogens with two attached hydrogens (primary N) is 1. The minimum atomic E-state index is -3.92. The van der Waals surface area contributed by atoms with Gasteiger partial charge in [-0.3, -0.25) is 0 Å². The van der Waals surface area contributed by atoms with Crippen molar-refractivity contribution in [3.8, 4) is 5.75 Å². The molecular weight excluding hydrogens is 336 g/mol. The van der Waals surface area contributed by atoms with Gasteiger partial charge in [0.25, 0.3) is 0 Å². The third-order valence-electron chi connectivity index (χ3n) is 2.51. The first-order valence-electron chi connectivity index (χ1n) is 7.52. The van der Waals surface area contributed by atoms with E-state index in [0.717, 1.165) is 30.7 Å². The molecule has 1 aromatic rings. The first kappa shape index (κ1) is 22.0. The number of hydrogen-bond acceptors (Lipinski definition) is 7. The van der Waals surface area contributed by atoms with E-state index in [9.17, 15) is 4.79 Å². The van der Waals surface area contributed by atoms with Crippen LogP contribution in [0.15, 0.2) is 24.3 Å². The number of alkyl carbamates (subject to hydrolysis) is 1. The monoisotopic (exact) mass is 361 g/mol. The van der Waals surface area contributed by atoms with Crippen molar-refractivity contribution in [2.75, 3.05) is 31.7 Å². The zero-order chi connectivity index (χ0) is 18.4. The van der Waals surface area contributed by atoms with E-state index in [0.29, 0.717) is 26.0 Å². The number of anilines is 1. The van der Waals surface area contributed by atoms with E-state index in [1.54, 1.807) is 6.92 Å². The Balaban J connectivity index is 0.000000922. The normalized spacial score (nSPS) is 10.3. The summed E-state index contributed by atoms with van der Waals surface area (Å²) in [6, 6.07) is 7.35. The van der Waals surface area contributed by atoms with Crippen molar-refractivity contribution in [1.29, 1.82) is 0 Å². The Hall–Kier alpha value is -2.00. The van der Waals surface area contributed by atoms with Crippen molar-refractivity contribution in [2.45, 2.75) is 26.2 Å². The maximum atomic E-state index is 11.0. The number of amides is 1. The standard InChI is InChI=1S/C14H22N2O3.CH4O3S/c1-2-18-14(17)16-10-4-3-5-11-19-13-8-6-12(15)7-9-13;1-5(2,3)4/h6-9H,2-5,10-11,15H2,1H3,(H,16,17);1H3,(H,2,3,4)/p-1. The molecule has 0 radical (unpaired) electrons. The summed E-state index contributed by atoms with van der Waals surface area (Å²) in [7, 11) is -3.92. The van der Waals surface area contributed by atoms with Gasteiger partial charge in [0.1, 0.15) is 5.75 Å². The number of carbonyl (C=O) groups excluding carboxylic acids is 1. The molecule has 8 nitrogen and oxygen atoms in total. The summed E-state index contributed by atoms with van der Waals surface area (Å²) >= 11 is 0. The van der Waals surface area contributed by atoms with Gasteiger partial charge in [-0.25, -0.2) is 13.2 Å². The van der Waals surface area contributed by atoms with Crippen molar-refractivity contribution in [3.63, 3.8) is 0 Å². The van der Waals surface area contributed by atoms with Crippen molar-refractivity contribution in [2.24, 2.45) is 0 Å². The Morgan fingerprint density at radius 3 is 2.33 bits per heavy atom. The van der Waals surface area contributed by atoms with E-state index >= 15 is 0 Å². The van der Waals surface area contributed by atoms with Gasteiger partial charge in [-0.15, -0.1) is 0 Å². The number of nitrogen functional groups attached to an aromatic ring is 1. The topological polar surface area (TPSA) is 131 Å². The molecule has 3 N–H and O–H groups in total. The summed E-state index contributed by atoms with van der Waals surface area (Å²) in [4.78, 5) is 11.0. The lowest BCUT2D eigenvalue weighted by atomic mass is 10.2. The van der Waals surface area contributed by atoms with Crippen LogP contribution >= 0.6 is 0 Å². The van der Waals surface area contributed by atoms with Gasteiger partial charge in [0.05, 0.1) is 23.3 Å². The van der Waals surface area contributed by atoms with Crippen LogP contribution in [0.2, 0.25) is 0 Å². The molecule has 9 heteroatoms. The molecule has 1 amide bonds. The lowest BCUT2D eigenvalue weighted by molar-refractivity contribution is 0.152.